The van der Waals surface area contributed by atoms with Crippen molar-refractivity contribution in [1.29, 1.82) is 0 Å². The molecule has 0 amide bonds. The Bertz CT molecular complexity index is 11.6. The van der Waals surface area contributed by atoms with Gasteiger partial charge in [0, 0.05) is 88.8 Å². The topological polar surface area (TPSA) is 0 Å². The molecule has 5 heavy (non-hydrogen) atoms. The fourth-order valence-electron chi connectivity index (χ4n) is 0. The molecule has 0 heterocycles. The predicted molar refractivity (Wildman–Crippen MR) is 5.75 cm³/mol. The van der Waals surface area contributed by atoms with E-state index in [4.69, 9.17) is 0 Å². The summed E-state index contributed by atoms with van der Waals surface area (Å²) >= 11 is 0. The Labute approximate surface area is 87.6 Å². The van der Waals surface area contributed by atoms with Gasteiger partial charge in [-0.3, -0.25) is 0 Å². The molecule has 0 spiro atoms. The van der Waals surface area contributed by atoms with Crippen molar-refractivity contribution in [2.75, 3.05) is 0 Å². The molecular weight excluding hydrogens is 296 g/mol. The van der Waals surface area contributed by atoms with E-state index in [1.807, 2.05) is 0 Å². The van der Waals surface area contributed by atoms with Gasteiger partial charge < -0.3 is 0 Å². The van der Waals surface area contributed by atoms with Gasteiger partial charge in [0.2, 0.25) is 0 Å². The molecule has 0 rings (SSSR count). The first-order valence-corrected chi connectivity index (χ1v) is 0. The first-order valence-electron chi connectivity index (χ1n) is 0. The van der Waals surface area contributed by atoms with Crippen molar-refractivity contribution >= 4 is 17.4 Å². The van der Waals surface area contributed by atoms with Crippen LogP contribution in [0.5, 0.6) is 0 Å². The molecule has 0 N–H and O–H groups in total. The summed E-state index contributed by atoms with van der Waals surface area (Å²) in [6.07, 6.45) is 0. The van der Waals surface area contributed by atoms with E-state index in [0.717, 1.165) is 0 Å². The normalized spacial score (nSPS) is 0. The molecule has 0 aliphatic carbocycles. The summed E-state index contributed by atoms with van der Waals surface area (Å²) in [5.74, 6) is 0. The van der Waals surface area contributed by atoms with Crippen LogP contribution in [-0.4, -0.2) is 17.4 Å². The summed E-state index contributed by atoms with van der Waals surface area (Å²) in [6, 6.07) is 0. The Hall–Kier alpha value is 2.74. The van der Waals surface area contributed by atoms with E-state index in [1.165, 1.54) is 0 Å². The van der Waals surface area contributed by atoms with Gasteiger partial charge in [0.15, 0.2) is 0 Å². The van der Waals surface area contributed by atoms with Gasteiger partial charge in [0.05, 0.1) is 0 Å². The van der Waals surface area contributed by atoms with Crippen LogP contribution in [0.1, 0.15) is 0 Å². The minimum Gasteiger partial charge on any atom is 0 e. The molecule has 0 aromatic carbocycles. The monoisotopic (exact) mass is 298 g/mol. The average molecular weight is 296 g/mol. The zero-order chi connectivity index (χ0) is 0. The Morgan fingerprint density at radius 2 is 1.00 bits per heavy atom. The molecule has 0 atom stereocenters. The van der Waals surface area contributed by atoms with Crippen molar-refractivity contribution in [2.24, 2.45) is 0 Å². The summed E-state index contributed by atoms with van der Waals surface area (Å²) in [7, 11) is 0. The molecule has 0 saturated heterocycles. The van der Waals surface area contributed by atoms with E-state index >= 15 is 0 Å². The largest absolute Gasteiger partial charge is 0 e. The van der Waals surface area contributed by atoms with Crippen LogP contribution in [0, 0.1) is 0 Å². The first kappa shape index (κ1) is 46.8. The van der Waals surface area contributed by atoms with E-state index in [2.05, 4.69) is 0 Å². The maximum absolute atomic E-state index is 0. The van der Waals surface area contributed by atoms with Crippen LogP contribution in [0.2, 0.25) is 0 Å². The van der Waals surface area contributed by atoms with Gasteiger partial charge in [-0.2, -0.15) is 0 Å². The summed E-state index contributed by atoms with van der Waals surface area (Å²) < 4.78 is 0. The summed E-state index contributed by atoms with van der Waals surface area (Å²) in [6.45, 7) is 0. The summed E-state index contributed by atoms with van der Waals surface area (Å²) in [4.78, 5) is 0. The van der Waals surface area contributed by atoms with Crippen molar-refractivity contribution in [2.45, 2.75) is 0 Å². The Morgan fingerprint density at radius 1 is 1.00 bits per heavy atom. The van der Waals surface area contributed by atoms with Gasteiger partial charge in [0.1, 0.15) is 0 Å². The van der Waals surface area contributed by atoms with Crippen LogP contribution in [0.15, 0.2) is 0 Å². The second kappa shape index (κ2) is 29.6. The third-order valence-electron chi connectivity index (χ3n) is 0. The summed E-state index contributed by atoms with van der Waals surface area (Å²) in [5, 5.41) is 0. The van der Waals surface area contributed by atoms with E-state index in [1.54, 1.807) is 0 Å². The third kappa shape index (κ3) is 20.2. The smallest absolute Gasteiger partial charge is 0 e. The summed E-state index contributed by atoms with van der Waals surface area (Å²) in [5.41, 5.74) is 0. The van der Waals surface area contributed by atoms with Crippen LogP contribution in [-0.2, 0) is 71.4 Å². The minimum atomic E-state index is 0. The predicted octanol–water partition coefficient (Wildman–Crippen LogP) is -0.391. The maximum Gasteiger partial charge on any atom is 0 e. The van der Waals surface area contributed by atoms with Crippen molar-refractivity contribution < 1.29 is 71.4 Å². The number of hydrogen-bond donors (Lipinski definition) is 0. The van der Waals surface area contributed by atoms with Crippen LogP contribution < -0.4 is 0 Å². The van der Waals surface area contributed by atoms with Crippen molar-refractivity contribution in [3.05, 3.63) is 0 Å². The van der Waals surface area contributed by atoms with Gasteiger partial charge in [-0.1, -0.05) is 0 Å². The molecule has 0 bridgehead atoms. The van der Waals surface area contributed by atoms with Crippen LogP contribution >= 0.6 is 0 Å². The van der Waals surface area contributed by atoms with Gasteiger partial charge in [0.25, 0.3) is 0 Å². The van der Waals surface area contributed by atoms with Crippen molar-refractivity contribution in [3.63, 3.8) is 0 Å². The Balaban J connectivity index is 0. The molecule has 0 aliphatic rings. The molecule has 0 saturated carbocycles. The standard InChI is InChI=1S/Al.Co.Fe.Mo.Ni. The first-order chi connectivity index (χ1) is 0. The Morgan fingerprint density at radius 3 is 1.00 bits per heavy atom. The van der Waals surface area contributed by atoms with Crippen molar-refractivity contribution in [1.82, 2.24) is 0 Å². The fraction of sp³-hybridized carbons (Fsp3) is 0. The third-order valence-corrected chi connectivity index (χ3v) is 0. The molecular formula is AlCoFeMoNi. The van der Waals surface area contributed by atoms with Crippen LogP contribution in [0.4, 0.5) is 0 Å². The molecule has 36 valence electrons. The molecule has 0 fully saturated rings. The average Bonchev–Trinajstić information content (AvgIpc) is 0. The van der Waals surface area contributed by atoms with Gasteiger partial charge in [-0.15, -0.1) is 0 Å². The van der Waals surface area contributed by atoms with E-state index in [-0.39, 0.29) is 88.8 Å². The molecule has 0 aromatic rings. The van der Waals surface area contributed by atoms with Gasteiger partial charge in [-0.25, -0.2) is 0 Å². The quantitative estimate of drug-likeness (QED) is 0.534. The Kier molecular flexibility index (Phi) is 277. The molecule has 0 aromatic heterocycles. The molecule has 0 unspecified atom stereocenters. The van der Waals surface area contributed by atoms with Gasteiger partial charge in [-0.05, 0) is 0 Å². The molecule has 0 nitrogen and oxygen atoms in total. The zero-order valence-corrected chi connectivity index (χ0v) is 8.28. The van der Waals surface area contributed by atoms with E-state index in [0.29, 0.717) is 0 Å². The second-order valence-corrected chi connectivity index (χ2v) is 0. The zero-order valence-electron chi connectivity index (χ0n) is 1.99. The molecule has 4 radical (unpaired) electrons. The SMILES string of the molecule is [Al].[Co].[Fe].[Mo].[Ni]. The van der Waals surface area contributed by atoms with Crippen LogP contribution in [0.3, 0.4) is 0 Å². The molecule has 5 heteroatoms. The van der Waals surface area contributed by atoms with E-state index < -0.39 is 0 Å². The number of hydrogen-bond acceptors (Lipinski definition) is 0. The molecule has 0 aliphatic heterocycles. The number of rotatable bonds is 0. The van der Waals surface area contributed by atoms with Gasteiger partial charge >= 0.3 is 0 Å². The maximum atomic E-state index is 0. The minimum absolute atomic E-state index is 0. The van der Waals surface area contributed by atoms with Crippen molar-refractivity contribution in [3.8, 4) is 0 Å². The van der Waals surface area contributed by atoms with Crippen LogP contribution in [0.25, 0.3) is 0 Å². The van der Waals surface area contributed by atoms with E-state index in [9.17, 15) is 0 Å². The second-order valence-electron chi connectivity index (χ2n) is 0. The fourth-order valence-corrected chi connectivity index (χ4v) is 0.